The van der Waals surface area contributed by atoms with Crippen molar-refractivity contribution in [3.8, 4) is 0 Å². The van der Waals surface area contributed by atoms with Gasteiger partial charge in [0.2, 0.25) is 0 Å². The maximum absolute atomic E-state index is 11.1. The van der Waals surface area contributed by atoms with E-state index in [0.29, 0.717) is 17.7 Å². The van der Waals surface area contributed by atoms with Gasteiger partial charge in [0.25, 0.3) is 0 Å². The Kier molecular flexibility index (Phi) is 6.28. The van der Waals surface area contributed by atoms with Crippen LogP contribution in [0.5, 0.6) is 0 Å². The fourth-order valence-corrected chi connectivity index (χ4v) is 1.45. The molecule has 0 heterocycles. The molecule has 0 aliphatic carbocycles. The van der Waals surface area contributed by atoms with E-state index in [9.17, 15) is 9.59 Å². The van der Waals surface area contributed by atoms with Crippen LogP contribution in [0.25, 0.3) is 0 Å². The van der Waals surface area contributed by atoms with Crippen molar-refractivity contribution < 1.29 is 14.3 Å². The lowest BCUT2D eigenvalue weighted by atomic mass is 10.3. The molecule has 80 valence electrons. The van der Waals surface area contributed by atoms with Gasteiger partial charge in [0.1, 0.15) is 6.10 Å². The molecule has 0 aromatic carbocycles. The predicted octanol–water partition coefficient (Wildman–Crippen LogP) is 2.16. The van der Waals surface area contributed by atoms with Crippen LogP contribution in [-0.4, -0.2) is 22.9 Å². The molecule has 0 aromatic heterocycles. The van der Waals surface area contributed by atoms with Crippen molar-refractivity contribution in [3.63, 3.8) is 0 Å². The third-order valence-electron chi connectivity index (χ3n) is 1.49. The highest BCUT2D eigenvalue weighted by Gasteiger charge is 2.09. The van der Waals surface area contributed by atoms with E-state index in [0.717, 1.165) is 0 Å². The molecule has 3 nitrogen and oxygen atoms in total. The van der Waals surface area contributed by atoms with Crippen molar-refractivity contribution in [2.75, 3.05) is 5.75 Å². The summed E-state index contributed by atoms with van der Waals surface area (Å²) in [5.41, 5.74) is 0.399. The fourth-order valence-electron chi connectivity index (χ4n) is 0.711. The van der Waals surface area contributed by atoms with Gasteiger partial charge in [-0.1, -0.05) is 18.3 Å². The average Bonchev–Trinajstić information content (AvgIpc) is 2.02. The van der Waals surface area contributed by atoms with E-state index in [1.165, 1.54) is 18.7 Å². The maximum Gasteiger partial charge on any atom is 0.333 e. The van der Waals surface area contributed by atoms with Crippen LogP contribution in [0, 0.1) is 0 Å². The number of esters is 1. The summed E-state index contributed by atoms with van der Waals surface area (Å²) in [6.45, 7) is 8.42. The standard InChI is InChI=1S/C10H16O3S/c1-7(2)10(12)13-8(3)5-6-14-9(4)11/h8H,1,5-6H2,2-4H3. The molecule has 0 saturated carbocycles. The Morgan fingerprint density at radius 3 is 2.43 bits per heavy atom. The molecule has 0 aliphatic heterocycles. The van der Waals surface area contributed by atoms with Gasteiger partial charge in [-0.3, -0.25) is 4.79 Å². The van der Waals surface area contributed by atoms with E-state index in [2.05, 4.69) is 6.58 Å². The lowest BCUT2D eigenvalue weighted by Crippen LogP contribution is -2.16. The Bertz CT molecular complexity index is 236. The van der Waals surface area contributed by atoms with E-state index in [1.807, 2.05) is 6.92 Å². The van der Waals surface area contributed by atoms with E-state index in [1.54, 1.807) is 6.92 Å². The number of thioether (sulfide) groups is 1. The van der Waals surface area contributed by atoms with Crippen molar-refractivity contribution in [3.05, 3.63) is 12.2 Å². The van der Waals surface area contributed by atoms with Gasteiger partial charge in [-0.2, -0.15) is 0 Å². The molecule has 0 N–H and O–H groups in total. The Balaban J connectivity index is 3.65. The van der Waals surface area contributed by atoms with Crippen LogP contribution in [0.1, 0.15) is 27.2 Å². The Hall–Kier alpha value is -0.770. The van der Waals surface area contributed by atoms with Crippen LogP contribution < -0.4 is 0 Å². The molecule has 0 aliphatic rings. The van der Waals surface area contributed by atoms with Crippen molar-refractivity contribution in [2.24, 2.45) is 0 Å². The van der Waals surface area contributed by atoms with Crippen LogP contribution >= 0.6 is 11.8 Å². The molecule has 1 atom stereocenters. The number of carbonyl (C=O) groups excluding carboxylic acids is 2. The molecule has 1 unspecified atom stereocenters. The summed E-state index contributed by atoms with van der Waals surface area (Å²) in [6, 6.07) is 0. The van der Waals surface area contributed by atoms with Gasteiger partial charge < -0.3 is 4.74 Å². The number of rotatable bonds is 5. The van der Waals surface area contributed by atoms with Crippen molar-refractivity contribution in [2.45, 2.75) is 33.3 Å². The first-order valence-corrected chi connectivity index (χ1v) is 5.42. The highest BCUT2D eigenvalue weighted by Crippen LogP contribution is 2.09. The van der Waals surface area contributed by atoms with Crippen LogP contribution in [0.4, 0.5) is 0 Å². The molecule has 0 amide bonds. The number of ether oxygens (including phenoxy) is 1. The van der Waals surface area contributed by atoms with Crippen LogP contribution in [0.2, 0.25) is 0 Å². The minimum atomic E-state index is -0.370. The summed E-state index contributed by atoms with van der Waals surface area (Å²) >= 11 is 1.24. The van der Waals surface area contributed by atoms with E-state index in [-0.39, 0.29) is 17.2 Å². The summed E-state index contributed by atoms with van der Waals surface area (Å²) in [5, 5.41) is 0.0865. The largest absolute Gasteiger partial charge is 0.459 e. The second kappa shape index (κ2) is 6.65. The highest BCUT2D eigenvalue weighted by molar-refractivity contribution is 8.13. The van der Waals surface area contributed by atoms with Gasteiger partial charge in [-0.05, 0) is 20.3 Å². The number of hydrogen-bond acceptors (Lipinski definition) is 4. The summed E-state index contributed by atoms with van der Waals surface area (Å²) < 4.78 is 5.03. The zero-order valence-corrected chi connectivity index (χ0v) is 9.65. The Morgan fingerprint density at radius 2 is 2.00 bits per heavy atom. The van der Waals surface area contributed by atoms with Crippen LogP contribution in [0.3, 0.4) is 0 Å². The zero-order valence-electron chi connectivity index (χ0n) is 8.83. The van der Waals surface area contributed by atoms with E-state index >= 15 is 0 Å². The topological polar surface area (TPSA) is 43.4 Å². The smallest absolute Gasteiger partial charge is 0.333 e. The predicted molar refractivity (Wildman–Crippen MR) is 58.1 cm³/mol. The van der Waals surface area contributed by atoms with Crippen LogP contribution in [0.15, 0.2) is 12.2 Å². The molecule has 0 rings (SSSR count). The fraction of sp³-hybridized carbons (Fsp3) is 0.600. The second-order valence-electron chi connectivity index (χ2n) is 3.12. The molecule has 4 heteroatoms. The lowest BCUT2D eigenvalue weighted by Gasteiger charge is -2.12. The summed E-state index contributed by atoms with van der Waals surface area (Å²) in [4.78, 5) is 21.7. The van der Waals surface area contributed by atoms with Crippen molar-refractivity contribution in [1.82, 2.24) is 0 Å². The summed E-state index contributed by atoms with van der Waals surface area (Å²) in [5.74, 6) is 0.310. The van der Waals surface area contributed by atoms with Crippen molar-refractivity contribution >= 4 is 22.8 Å². The average molecular weight is 216 g/mol. The lowest BCUT2D eigenvalue weighted by molar-refractivity contribution is -0.143. The molecule has 14 heavy (non-hydrogen) atoms. The van der Waals surface area contributed by atoms with Crippen LogP contribution in [-0.2, 0) is 14.3 Å². The highest BCUT2D eigenvalue weighted by atomic mass is 32.2. The quantitative estimate of drug-likeness (QED) is 0.522. The molecule has 0 fully saturated rings. The maximum atomic E-state index is 11.1. The monoisotopic (exact) mass is 216 g/mol. The van der Waals surface area contributed by atoms with Crippen molar-refractivity contribution in [1.29, 1.82) is 0 Å². The molecular formula is C10H16O3S. The van der Waals surface area contributed by atoms with Gasteiger partial charge in [-0.15, -0.1) is 0 Å². The van der Waals surface area contributed by atoms with Gasteiger partial charge in [0.05, 0.1) is 0 Å². The first-order valence-electron chi connectivity index (χ1n) is 4.43. The second-order valence-corrected chi connectivity index (χ2v) is 4.40. The normalized spacial score (nSPS) is 11.9. The van der Waals surface area contributed by atoms with E-state index in [4.69, 9.17) is 4.74 Å². The third kappa shape index (κ3) is 6.71. The summed E-state index contributed by atoms with van der Waals surface area (Å²) in [7, 11) is 0. The zero-order chi connectivity index (χ0) is 11.1. The molecule has 0 radical (unpaired) electrons. The molecule has 0 spiro atoms. The summed E-state index contributed by atoms with van der Waals surface area (Å²) in [6.07, 6.45) is 0.523. The third-order valence-corrected chi connectivity index (χ3v) is 2.33. The molecule has 0 saturated heterocycles. The van der Waals surface area contributed by atoms with E-state index < -0.39 is 0 Å². The van der Waals surface area contributed by atoms with Gasteiger partial charge in [0, 0.05) is 18.2 Å². The number of hydrogen-bond donors (Lipinski definition) is 0. The first-order chi connectivity index (χ1) is 6.43. The van der Waals surface area contributed by atoms with Gasteiger partial charge in [0.15, 0.2) is 5.12 Å². The minimum Gasteiger partial charge on any atom is -0.459 e. The Labute approximate surface area is 88.9 Å². The minimum absolute atomic E-state index is 0.0865. The number of carbonyl (C=O) groups is 2. The first kappa shape index (κ1) is 13.2. The van der Waals surface area contributed by atoms with Gasteiger partial charge in [-0.25, -0.2) is 4.79 Å². The SMILES string of the molecule is C=C(C)C(=O)OC(C)CCSC(C)=O. The molecule has 0 aromatic rings. The molecular weight excluding hydrogens is 200 g/mol. The Morgan fingerprint density at radius 1 is 1.43 bits per heavy atom. The van der Waals surface area contributed by atoms with Gasteiger partial charge >= 0.3 is 5.97 Å². The molecule has 0 bridgehead atoms.